The van der Waals surface area contributed by atoms with Crippen molar-refractivity contribution in [1.82, 2.24) is 9.55 Å². The second-order valence-corrected chi connectivity index (χ2v) is 7.91. The van der Waals surface area contributed by atoms with Crippen molar-refractivity contribution in [2.24, 2.45) is 0 Å². The first kappa shape index (κ1) is 22.1. The first-order chi connectivity index (χ1) is 14.8. The van der Waals surface area contributed by atoms with Crippen molar-refractivity contribution in [3.63, 3.8) is 0 Å². The lowest BCUT2D eigenvalue weighted by atomic mass is 10.2. The van der Waals surface area contributed by atoms with Crippen molar-refractivity contribution in [1.29, 1.82) is 5.26 Å². The molecular weight excluding hydrogens is 410 g/mol. The molecule has 1 aromatic carbocycles. The Kier molecular flexibility index (Phi) is 6.78. The number of aryl methyl sites for hydroxylation is 1. The Bertz CT molecular complexity index is 1180. The van der Waals surface area contributed by atoms with Gasteiger partial charge < -0.3 is 15.6 Å². The molecule has 0 bridgehead atoms. The molecule has 8 heteroatoms. The average molecular weight is 434 g/mol. The summed E-state index contributed by atoms with van der Waals surface area (Å²) in [5.74, 6) is -0.378. The minimum atomic E-state index is -0.452. The van der Waals surface area contributed by atoms with Crippen molar-refractivity contribution < 1.29 is 9.59 Å². The molecule has 0 spiro atoms. The predicted octanol–water partition coefficient (Wildman–Crippen LogP) is 4.20. The summed E-state index contributed by atoms with van der Waals surface area (Å²) in [7, 11) is 0. The van der Waals surface area contributed by atoms with E-state index in [0.717, 1.165) is 29.7 Å². The molecule has 0 saturated carbocycles. The molecule has 0 atom stereocenters. The summed E-state index contributed by atoms with van der Waals surface area (Å²) < 4.78 is 2.08. The number of aromatic nitrogens is 2. The molecule has 0 aliphatic carbocycles. The Morgan fingerprint density at radius 3 is 2.52 bits per heavy atom. The van der Waals surface area contributed by atoms with Crippen LogP contribution >= 0.6 is 11.8 Å². The van der Waals surface area contributed by atoms with Gasteiger partial charge in [-0.1, -0.05) is 30.0 Å². The molecule has 31 heavy (non-hydrogen) atoms. The highest BCUT2D eigenvalue weighted by atomic mass is 32.2. The smallest absolute Gasteiger partial charge is 0.259 e. The number of nitrogens with zero attached hydrogens (tertiary/aromatic N) is 3. The van der Waals surface area contributed by atoms with Crippen LogP contribution in [0, 0.1) is 25.2 Å². The summed E-state index contributed by atoms with van der Waals surface area (Å²) in [6.07, 6.45) is 0. The third-order valence-electron chi connectivity index (χ3n) is 4.94. The average Bonchev–Trinajstić information content (AvgIpc) is 3.05. The summed E-state index contributed by atoms with van der Waals surface area (Å²) in [6.45, 7) is 6.72. The second kappa shape index (κ2) is 9.49. The van der Waals surface area contributed by atoms with Gasteiger partial charge in [-0.15, -0.1) is 0 Å². The third kappa shape index (κ3) is 4.78. The van der Waals surface area contributed by atoms with E-state index in [1.807, 2.05) is 39.0 Å². The van der Waals surface area contributed by atoms with Crippen LogP contribution in [0.15, 0.2) is 47.5 Å². The highest BCUT2D eigenvalue weighted by molar-refractivity contribution is 8.00. The highest BCUT2D eigenvalue weighted by Gasteiger charge is 2.19. The third-order valence-corrected chi connectivity index (χ3v) is 5.94. The zero-order chi connectivity index (χ0) is 22.5. The van der Waals surface area contributed by atoms with Gasteiger partial charge in [-0.05, 0) is 45.0 Å². The number of carbonyl (C=O) groups is 2. The van der Waals surface area contributed by atoms with Crippen LogP contribution in [0.1, 0.15) is 44.6 Å². The number of hydrogen-bond acceptors (Lipinski definition) is 6. The van der Waals surface area contributed by atoms with Crippen LogP contribution in [0.3, 0.4) is 0 Å². The molecule has 0 saturated heterocycles. The zero-order valence-electron chi connectivity index (χ0n) is 17.6. The number of nitrogen functional groups attached to an aromatic ring is 1. The van der Waals surface area contributed by atoms with E-state index in [9.17, 15) is 14.9 Å². The number of nitriles is 1. The quantitative estimate of drug-likeness (QED) is 0.426. The number of amides is 1. The van der Waals surface area contributed by atoms with Crippen LogP contribution in [0.5, 0.6) is 0 Å². The van der Waals surface area contributed by atoms with E-state index in [1.165, 1.54) is 6.07 Å². The number of nitrogens with two attached hydrogens (primary N) is 1. The van der Waals surface area contributed by atoms with Crippen LogP contribution in [0.2, 0.25) is 0 Å². The number of nitrogens with one attached hydrogen (secondary N) is 1. The maximum Gasteiger partial charge on any atom is 0.259 e. The number of pyridine rings is 1. The molecule has 3 N–H and O–H groups in total. The Hall–Kier alpha value is -3.57. The molecule has 0 aliphatic rings. The van der Waals surface area contributed by atoms with Crippen LogP contribution in [0.25, 0.3) is 0 Å². The molecule has 7 nitrogen and oxygen atoms in total. The summed E-state index contributed by atoms with van der Waals surface area (Å²) >= 11 is 1.14. The number of carbonyl (C=O) groups excluding carboxylic acids is 2. The van der Waals surface area contributed by atoms with E-state index < -0.39 is 5.91 Å². The topological polar surface area (TPSA) is 114 Å². The van der Waals surface area contributed by atoms with E-state index in [-0.39, 0.29) is 28.5 Å². The number of para-hydroxylation sites is 1. The van der Waals surface area contributed by atoms with Gasteiger partial charge in [0.2, 0.25) is 0 Å². The SMILES string of the molecule is CCn1c(C)cc(C(=O)CSc2nc(N)c(C(=O)Nc3ccccc3)cc2C#N)c1C. The molecule has 1 amide bonds. The lowest BCUT2D eigenvalue weighted by molar-refractivity contribution is 0.101. The van der Waals surface area contributed by atoms with Gasteiger partial charge in [-0.2, -0.15) is 5.26 Å². The van der Waals surface area contributed by atoms with Crippen molar-refractivity contribution in [2.45, 2.75) is 32.3 Å². The molecule has 2 aromatic heterocycles. The summed E-state index contributed by atoms with van der Waals surface area (Å²) in [4.78, 5) is 29.5. The van der Waals surface area contributed by atoms with Crippen LogP contribution in [-0.4, -0.2) is 27.0 Å². The molecule has 3 aromatic rings. The van der Waals surface area contributed by atoms with E-state index >= 15 is 0 Å². The number of hydrogen-bond donors (Lipinski definition) is 2. The number of benzene rings is 1. The van der Waals surface area contributed by atoms with E-state index in [4.69, 9.17) is 5.73 Å². The molecule has 0 unspecified atom stereocenters. The first-order valence-electron chi connectivity index (χ1n) is 9.75. The van der Waals surface area contributed by atoms with Gasteiger partial charge in [0.15, 0.2) is 5.78 Å². The minimum absolute atomic E-state index is 0.00606. The second-order valence-electron chi connectivity index (χ2n) is 6.95. The normalized spacial score (nSPS) is 10.5. The van der Waals surface area contributed by atoms with E-state index in [0.29, 0.717) is 16.3 Å². The van der Waals surface area contributed by atoms with Crippen molar-refractivity contribution in [3.05, 3.63) is 70.5 Å². The van der Waals surface area contributed by atoms with Gasteiger partial charge in [0.05, 0.1) is 16.9 Å². The van der Waals surface area contributed by atoms with Gasteiger partial charge in [0.25, 0.3) is 5.91 Å². The maximum absolute atomic E-state index is 12.7. The molecular formula is C23H23N5O2S. The number of rotatable bonds is 7. The fourth-order valence-electron chi connectivity index (χ4n) is 3.38. The summed E-state index contributed by atoms with van der Waals surface area (Å²) in [6, 6.07) is 14.3. The zero-order valence-corrected chi connectivity index (χ0v) is 18.4. The Morgan fingerprint density at radius 1 is 1.19 bits per heavy atom. The van der Waals surface area contributed by atoms with Gasteiger partial charge >= 0.3 is 0 Å². The van der Waals surface area contributed by atoms with E-state index in [2.05, 4.69) is 14.9 Å². The first-order valence-corrected chi connectivity index (χ1v) is 10.7. The van der Waals surface area contributed by atoms with Crippen molar-refractivity contribution >= 4 is 35.0 Å². The number of Topliss-reactive ketones (excluding diaryl/α,β-unsaturated/α-hetero) is 1. The Labute approximate surface area is 185 Å². The minimum Gasteiger partial charge on any atom is -0.383 e. The largest absolute Gasteiger partial charge is 0.383 e. The Balaban J connectivity index is 1.78. The number of thioether (sulfide) groups is 1. The fourth-order valence-corrected chi connectivity index (χ4v) is 4.23. The lowest BCUT2D eigenvalue weighted by Gasteiger charge is -2.10. The van der Waals surface area contributed by atoms with Gasteiger partial charge in [-0.25, -0.2) is 4.98 Å². The van der Waals surface area contributed by atoms with Crippen LogP contribution < -0.4 is 11.1 Å². The van der Waals surface area contributed by atoms with E-state index in [1.54, 1.807) is 24.3 Å². The molecule has 3 rings (SSSR count). The monoisotopic (exact) mass is 433 g/mol. The highest BCUT2D eigenvalue weighted by Crippen LogP contribution is 2.26. The number of ketones is 1. The predicted molar refractivity (Wildman–Crippen MR) is 122 cm³/mol. The lowest BCUT2D eigenvalue weighted by Crippen LogP contribution is -2.16. The Morgan fingerprint density at radius 2 is 1.90 bits per heavy atom. The molecule has 2 heterocycles. The van der Waals surface area contributed by atoms with Crippen molar-refractivity contribution in [3.8, 4) is 6.07 Å². The fraction of sp³-hybridized carbons (Fsp3) is 0.217. The summed E-state index contributed by atoms with van der Waals surface area (Å²) in [5, 5.41) is 12.6. The summed E-state index contributed by atoms with van der Waals surface area (Å²) in [5.41, 5.74) is 9.54. The van der Waals surface area contributed by atoms with Crippen LogP contribution in [0.4, 0.5) is 11.5 Å². The van der Waals surface area contributed by atoms with Gasteiger partial charge in [0, 0.05) is 29.2 Å². The molecule has 0 aliphatic heterocycles. The van der Waals surface area contributed by atoms with Crippen molar-refractivity contribution in [2.75, 3.05) is 16.8 Å². The van der Waals surface area contributed by atoms with Crippen LogP contribution in [-0.2, 0) is 6.54 Å². The molecule has 0 fully saturated rings. The maximum atomic E-state index is 12.7. The molecule has 158 valence electrons. The molecule has 0 radical (unpaired) electrons. The standard InChI is InChI=1S/C23H23N5O2S/c1-4-28-14(2)10-18(15(28)3)20(29)13-31-23-16(12-24)11-19(21(25)27-23)22(30)26-17-8-6-5-7-9-17/h5-11H,4,13H2,1-3H3,(H2,25,27)(H,26,30). The van der Waals surface area contributed by atoms with Gasteiger partial charge in [0.1, 0.15) is 16.9 Å². The number of anilines is 2. The van der Waals surface area contributed by atoms with Gasteiger partial charge in [-0.3, -0.25) is 9.59 Å².